The molecule has 2 aliphatic rings. The van der Waals surface area contributed by atoms with E-state index in [0.29, 0.717) is 59.9 Å². The molecule has 3 aromatic heterocycles. The number of aromatic nitrogens is 4. The quantitative estimate of drug-likeness (QED) is 0.0832. The predicted molar refractivity (Wildman–Crippen MR) is 213 cm³/mol. The SMILES string of the molecule is COC(=O)N[C@H](C(=O)N1CCC[C@H]1c1ncc(-c2cc(F)c(-c3cc4cc(-c5cnc([C@@H]6CCCN6C(=O)[C@@H](NC(O)OC)C(C)C)[nH]5)ccc4o3)c(F)c2)[nH]1)C(C)C. The van der Waals surface area contributed by atoms with Gasteiger partial charge in [-0.1, -0.05) is 27.7 Å². The average molecular weight is 817 g/mol. The number of halogens is 2. The van der Waals surface area contributed by atoms with Crippen molar-refractivity contribution in [3.05, 3.63) is 72.1 Å². The molecule has 5 N–H and O–H groups in total. The van der Waals surface area contributed by atoms with Gasteiger partial charge in [0.1, 0.15) is 40.7 Å². The first-order chi connectivity index (χ1) is 28.3. The molecule has 2 aliphatic heterocycles. The van der Waals surface area contributed by atoms with Crippen LogP contribution in [0.4, 0.5) is 13.6 Å². The molecule has 5 aromatic rings. The maximum absolute atomic E-state index is 15.8. The second-order valence-corrected chi connectivity index (χ2v) is 15.8. The number of likely N-dealkylation sites (tertiary alicyclic amines) is 2. The molecule has 0 saturated carbocycles. The van der Waals surface area contributed by atoms with Gasteiger partial charge in [-0.2, -0.15) is 0 Å². The lowest BCUT2D eigenvalue weighted by Crippen LogP contribution is -2.52. The molecular weight excluding hydrogens is 767 g/mol. The number of ether oxygens (including phenoxy) is 2. The number of aromatic amines is 2. The van der Waals surface area contributed by atoms with Crippen molar-refractivity contribution in [2.75, 3.05) is 27.3 Å². The standard InChI is InChI=1S/C42H50F2N8O7/c1-21(2)35(49-41(55)57-5)39(53)51-13-7-9-30(51)37-45-19-28(47-37)23-11-12-32-25(15-23)18-33(59-32)34-26(43)16-24(17-27(34)44)29-20-46-38(48-29)31-10-8-14-52(31)40(54)36(22(3)4)50-42(56)58-6/h11-12,15-22,30-31,35-36,41,49,55H,7-10,13-14H2,1-6H3,(H,45,47)(H,46,48)(H,50,56)/t30-,31-,35-,36-,41?/m0/s1. The van der Waals surface area contributed by atoms with Crippen LogP contribution in [0.3, 0.4) is 0 Å². The molecular formula is C42H50F2N8O7. The molecule has 1 unspecified atom stereocenters. The fourth-order valence-electron chi connectivity index (χ4n) is 8.06. The van der Waals surface area contributed by atoms with Crippen molar-refractivity contribution in [2.24, 2.45) is 11.8 Å². The van der Waals surface area contributed by atoms with Gasteiger partial charge < -0.3 is 44.1 Å². The molecule has 5 atom stereocenters. The first-order valence-electron chi connectivity index (χ1n) is 19.8. The Morgan fingerprint density at radius 1 is 0.831 bits per heavy atom. The van der Waals surface area contributed by atoms with Crippen LogP contribution in [-0.4, -0.2) is 98.6 Å². The van der Waals surface area contributed by atoms with Gasteiger partial charge in [-0.05, 0) is 73.9 Å². The third kappa shape index (κ3) is 8.45. The van der Waals surface area contributed by atoms with Crippen molar-refractivity contribution in [1.29, 1.82) is 0 Å². The third-order valence-electron chi connectivity index (χ3n) is 11.2. The number of fused-ring (bicyclic) bond motifs is 1. The third-order valence-corrected chi connectivity index (χ3v) is 11.2. The number of methoxy groups -OCH3 is 2. The number of amides is 3. The lowest BCUT2D eigenvalue weighted by Gasteiger charge is -2.31. The Morgan fingerprint density at radius 3 is 1.93 bits per heavy atom. The molecule has 0 radical (unpaired) electrons. The number of aliphatic hydroxyl groups excluding tert-OH is 1. The minimum absolute atomic E-state index is 0.0155. The molecule has 2 fully saturated rings. The summed E-state index contributed by atoms with van der Waals surface area (Å²) in [6.45, 7) is 8.47. The molecule has 7 rings (SSSR count). The van der Waals surface area contributed by atoms with Gasteiger partial charge in [0.2, 0.25) is 18.2 Å². The number of alkyl carbamates (subject to hydrolysis) is 1. The van der Waals surface area contributed by atoms with Gasteiger partial charge in [0.25, 0.3) is 0 Å². The van der Waals surface area contributed by atoms with Crippen molar-refractivity contribution >= 4 is 28.9 Å². The number of benzene rings is 2. The fraction of sp³-hybridized carbons (Fsp3) is 0.452. The Morgan fingerprint density at radius 2 is 1.39 bits per heavy atom. The van der Waals surface area contributed by atoms with Crippen LogP contribution in [0.2, 0.25) is 0 Å². The van der Waals surface area contributed by atoms with Gasteiger partial charge in [0.15, 0.2) is 0 Å². The summed E-state index contributed by atoms with van der Waals surface area (Å²) in [5.74, 6) is -1.26. The molecule has 2 saturated heterocycles. The van der Waals surface area contributed by atoms with Crippen molar-refractivity contribution in [3.63, 3.8) is 0 Å². The molecule has 3 amide bonds. The van der Waals surface area contributed by atoms with Crippen LogP contribution in [-0.2, 0) is 19.1 Å². The highest BCUT2D eigenvalue weighted by Gasteiger charge is 2.39. The normalized spacial score (nSPS) is 18.6. The number of H-pyrrole nitrogens is 2. The summed E-state index contributed by atoms with van der Waals surface area (Å²) in [7, 11) is 2.59. The predicted octanol–water partition coefficient (Wildman–Crippen LogP) is 6.40. The van der Waals surface area contributed by atoms with E-state index in [1.54, 1.807) is 28.1 Å². The van der Waals surface area contributed by atoms with Crippen LogP contribution in [0, 0.1) is 23.5 Å². The van der Waals surface area contributed by atoms with Crippen molar-refractivity contribution < 1.29 is 42.2 Å². The zero-order valence-electron chi connectivity index (χ0n) is 33.8. The fourth-order valence-corrected chi connectivity index (χ4v) is 8.06. The highest BCUT2D eigenvalue weighted by Crippen LogP contribution is 2.38. The molecule has 2 aromatic carbocycles. The van der Waals surface area contributed by atoms with E-state index in [0.717, 1.165) is 18.4 Å². The van der Waals surface area contributed by atoms with E-state index >= 15 is 8.78 Å². The number of carbonyl (C=O) groups is 3. The Kier molecular flexibility index (Phi) is 12.2. The maximum Gasteiger partial charge on any atom is 0.407 e. The number of furan rings is 1. The zero-order chi connectivity index (χ0) is 42.1. The number of carbonyl (C=O) groups excluding carboxylic acids is 3. The van der Waals surface area contributed by atoms with Gasteiger partial charge in [-0.3, -0.25) is 14.9 Å². The summed E-state index contributed by atoms with van der Waals surface area (Å²) in [5.41, 5.74) is 2.17. The van der Waals surface area contributed by atoms with Crippen LogP contribution in [0.25, 0.3) is 44.8 Å². The van der Waals surface area contributed by atoms with Gasteiger partial charge in [0.05, 0.1) is 54.6 Å². The van der Waals surface area contributed by atoms with E-state index < -0.39 is 42.3 Å². The molecule has 0 bridgehead atoms. The minimum Gasteiger partial charge on any atom is -0.456 e. The van der Waals surface area contributed by atoms with E-state index in [9.17, 15) is 19.5 Å². The summed E-state index contributed by atoms with van der Waals surface area (Å²) in [6, 6.07) is 7.23. The molecule has 0 aliphatic carbocycles. The van der Waals surface area contributed by atoms with Gasteiger partial charge in [-0.25, -0.2) is 23.5 Å². The first kappa shape index (κ1) is 41.5. The second-order valence-electron chi connectivity index (χ2n) is 15.8. The Hall–Kier alpha value is -5.65. The number of aliphatic hydroxyl groups is 1. The number of imidazole rings is 2. The Bertz CT molecular complexity index is 2300. The summed E-state index contributed by atoms with van der Waals surface area (Å²) in [4.78, 5) is 58.2. The van der Waals surface area contributed by atoms with Crippen LogP contribution < -0.4 is 10.6 Å². The van der Waals surface area contributed by atoms with E-state index in [1.807, 2.05) is 39.8 Å². The number of nitrogens with zero attached hydrogens (tertiary/aromatic N) is 4. The van der Waals surface area contributed by atoms with Crippen LogP contribution in [0.1, 0.15) is 77.1 Å². The number of hydrogen-bond donors (Lipinski definition) is 5. The van der Waals surface area contributed by atoms with Crippen molar-refractivity contribution in [1.82, 2.24) is 40.4 Å². The monoisotopic (exact) mass is 816 g/mol. The number of rotatable bonds is 13. The van der Waals surface area contributed by atoms with Crippen LogP contribution >= 0.6 is 0 Å². The lowest BCUT2D eigenvalue weighted by molar-refractivity contribution is -0.145. The van der Waals surface area contributed by atoms with E-state index in [4.69, 9.17) is 13.9 Å². The summed E-state index contributed by atoms with van der Waals surface area (Å²) in [5, 5.41) is 16.1. The highest BCUT2D eigenvalue weighted by atomic mass is 19.1. The average Bonchev–Trinajstić information content (AvgIpc) is 4.06. The van der Waals surface area contributed by atoms with E-state index in [-0.39, 0.29) is 46.6 Å². The van der Waals surface area contributed by atoms with Crippen LogP contribution in [0.5, 0.6) is 0 Å². The molecule has 5 heterocycles. The van der Waals surface area contributed by atoms with E-state index in [2.05, 4.69) is 30.6 Å². The first-order valence-corrected chi connectivity index (χ1v) is 19.8. The molecule has 59 heavy (non-hydrogen) atoms. The van der Waals surface area contributed by atoms with Gasteiger partial charge in [-0.15, -0.1) is 0 Å². The summed E-state index contributed by atoms with van der Waals surface area (Å²) in [6.07, 6.45) is 4.05. The summed E-state index contributed by atoms with van der Waals surface area (Å²) < 4.78 is 47.3. The lowest BCUT2D eigenvalue weighted by atomic mass is 10.0. The minimum atomic E-state index is -1.28. The number of hydrogen-bond acceptors (Lipinski definition) is 10. The molecule has 15 nitrogen and oxygen atoms in total. The largest absolute Gasteiger partial charge is 0.456 e. The molecule has 314 valence electrons. The topological polar surface area (TPSA) is 191 Å². The molecule has 17 heteroatoms. The van der Waals surface area contributed by atoms with Gasteiger partial charge >= 0.3 is 6.09 Å². The Balaban J connectivity index is 1.08. The van der Waals surface area contributed by atoms with Crippen LogP contribution in [0.15, 0.2) is 53.2 Å². The second kappa shape index (κ2) is 17.3. The number of nitrogens with one attached hydrogen (secondary N) is 4. The van der Waals surface area contributed by atoms with E-state index in [1.165, 1.54) is 32.5 Å². The highest BCUT2D eigenvalue weighted by molar-refractivity contribution is 5.88. The van der Waals surface area contributed by atoms with Crippen molar-refractivity contribution in [2.45, 2.75) is 84.0 Å². The van der Waals surface area contributed by atoms with Gasteiger partial charge in [0, 0.05) is 36.7 Å². The smallest absolute Gasteiger partial charge is 0.407 e. The zero-order valence-corrected chi connectivity index (χ0v) is 33.8. The van der Waals surface area contributed by atoms with Crippen molar-refractivity contribution in [3.8, 4) is 33.8 Å². The Labute approximate surface area is 339 Å². The summed E-state index contributed by atoms with van der Waals surface area (Å²) >= 11 is 0. The maximum atomic E-state index is 15.8. The molecule has 0 spiro atoms.